The van der Waals surface area contributed by atoms with Crippen molar-refractivity contribution in [2.75, 3.05) is 7.11 Å². The number of benzene rings is 4. The number of hydrogen-bond donors (Lipinski definition) is 1. The monoisotopic (exact) mass is 577 g/mol. The van der Waals surface area contributed by atoms with Crippen molar-refractivity contribution in [3.8, 4) is 16.9 Å². The number of nitrogens with one attached hydrogen (secondary N) is 1. The second-order valence-corrected chi connectivity index (χ2v) is 10.2. The van der Waals surface area contributed by atoms with Gasteiger partial charge in [-0.1, -0.05) is 76.6 Å². The molecule has 1 atom stereocenters. The number of carbonyl (C=O) groups excluding carboxylic acids is 1. The minimum absolute atomic E-state index is 0.243. The Morgan fingerprint density at radius 1 is 0.923 bits per heavy atom. The molecule has 7 heteroatoms. The normalized spacial score (nSPS) is 14.9. The first kappa shape index (κ1) is 24.8. The first-order valence-corrected chi connectivity index (χ1v) is 13.3. The van der Waals surface area contributed by atoms with Crippen LogP contribution in [0.15, 0.2) is 117 Å². The van der Waals surface area contributed by atoms with E-state index in [0.29, 0.717) is 29.0 Å². The topological polar surface area (TPSA) is 74.8 Å². The van der Waals surface area contributed by atoms with Gasteiger partial charge >= 0.3 is 0 Å². The minimum atomic E-state index is -0.364. The van der Waals surface area contributed by atoms with E-state index in [4.69, 9.17) is 9.84 Å². The second-order valence-electron chi connectivity index (χ2n) is 9.32. The van der Waals surface area contributed by atoms with E-state index in [1.54, 1.807) is 31.4 Å². The van der Waals surface area contributed by atoms with Gasteiger partial charge in [0.05, 0.1) is 24.4 Å². The number of methoxy groups -OCH3 is 1. The fraction of sp³-hybridized carbons (Fsp3) is 0.0938. The van der Waals surface area contributed by atoms with Crippen molar-refractivity contribution in [1.82, 2.24) is 9.99 Å². The largest absolute Gasteiger partial charge is 0.497 e. The molecule has 6 nitrogen and oxygen atoms in total. The number of rotatable bonds is 5. The SMILES string of the molecule is COc1ccc(C(=O)N2N=C(c3c(-c4ccccc4)c4cc(Br)ccc4[nH]c3=O)CC2c2ccccc2)cc1. The highest BCUT2D eigenvalue weighted by Crippen LogP contribution is 2.38. The molecule has 1 amide bonds. The molecule has 1 aromatic heterocycles. The van der Waals surface area contributed by atoms with Crippen LogP contribution in [-0.2, 0) is 0 Å². The number of H-pyrrole nitrogens is 1. The van der Waals surface area contributed by atoms with E-state index in [2.05, 4.69) is 20.9 Å². The maximum atomic E-state index is 13.8. The molecule has 192 valence electrons. The van der Waals surface area contributed by atoms with Crippen LogP contribution in [0, 0.1) is 0 Å². The van der Waals surface area contributed by atoms with E-state index in [1.807, 2.05) is 78.9 Å². The molecule has 1 aliphatic rings. The van der Waals surface area contributed by atoms with Gasteiger partial charge in [0.1, 0.15) is 5.75 Å². The van der Waals surface area contributed by atoms with Crippen LogP contribution in [0.25, 0.3) is 22.0 Å². The molecule has 4 aromatic carbocycles. The summed E-state index contributed by atoms with van der Waals surface area (Å²) in [6, 6.07) is 32.0. The summed E-state index contributed by atoms with van der Waals surface area (Å²) < 4.78 is 6.16. The number of nitrogens with zero attached hydrogens (tertiary/aromatic N) is 2. The summed E-state index contributed by atoms with van der Waals surface area (Å²) in [6.45, 7) is 0. The molecule has 0 fully saturated rings. The van der Waals surface area contributed by atoms with Crippen molar-refractivity contribution in [2.24, 2.45) is 5.10 Å². The number of halogens is 1. The number of ether oxygens (including phenoxy) is 1. The van der Waals surface area contributed by atoms with Crippen molar-refractivity contribution < 1.29 is 9.53 Å². The highest BCUT2D eigenvalue weighted by atomic mass is 79.9. The van der Waals surface area contributed by atoms with Crippen LogP contribution >= 0.6 is 15.9 Å². The standard InChI is InChI=1S/C32H24BrN3O3/c1-39-24-15-12-22(13-16-24)32(38)36-28(20-8-4-2-5-9-20)19-27(35-36)30-29(21-10-6-3-7-11-21)25-18-23(33)14-17-26(25)34-31(30)37/h2-18,28H,19H2,1H3,(H,34,37). The molecular formula is C32H24BrN3O3. The van der Waals surface area contributed by atoms with Crippen LogP contribution in [0.1, 0.15) is 33.9 Å². The zero-order valence-electron chi connectivity index (χ0n) is 21.1. The third-order valence-electron chi connectivity index (χ3n) is 6.97. The number of hydrogen-bond acceptors (Lipinski definition) is 4. The van der Waals surface area contributed by atoms with E-state index < -0.39 is 0 Å². The molecule has 6 rings (SSSR count). The summed E-state index contributed by atoms with van der Waals surface area (Å²) in [5.74, 6) is 0.417. The summed E-state index contributed by atoms with van der Waals surface area (Å²) in [6.07, 6.45) is 0.397. The average molecular weight is 578 g/mol. The van der Waals surface area contributed by atoms with Gasteiger partial charge in [-0.25, -0.2) is 5.01 Å². The summed E-state index contributed by atoms with van der Waals surface area (Å²) in [7, 11) is 1.59. The van der Waals surface area contributed by atoms with Crippen LogP contribution in [0.2, 0.25) is 0 Å². The van der Waals surface area contributed by atoms with Gasteiger partial charge in [-0.3, -0.25) is 9.59 Å². The quantitative estimate of drug-likeness (QED) is 0.245. The Morgan fingerprint density at radius 2 is 1.62 bits per heavy atom. The van der Waals surface area contributed by atoms with Gasteiger partial charge in [0.2, 0.25) is 0 Å². The Kier molecular flexibility index (Phi) is 6.59. The molecule has 1 aliphatic heterocycles. The molecule has 0 bridgehead atoms. The van der Waals surface area contributed by atoms with Crippen molar-refractivity contribution >= 4 is 38.5 Å². The van der Waals surface area contributed by atoms with Crippen LogP contribution in [-0.4, -0.2) is 28.7 Å². The van der Waals surface area contributed by atoms with Gasteiger partial charge in [-0.2, -0.15) is 5.10 Å². The number of pyridine rings is 1. The van der Waals surface area contributed by atoms with Crippen molar-refractivity contribution in [3.05, 3.63) is 135 Å². The van der Waals surface area contributed by atoms with Crippen molar-refractivity contribution in [1.29, 1.82) is 0 Å². The lowest BCUT2D eigenvalue weighted by atomic mass is 9.91. The van der Waals surface area contributed by atoms with Crippen LogP contribution in [0.5, 0.6) is 5.75 Å². The molecule has 1 unspecified atom stereocenters. The van der Waals surface area contributed by atoms with Crippen molar-refractivity contribution in [3.63, 3.8) is 0 Å². The Morgan fingerprint density at radius 3 is 2.31 bits per heavy atom. The molecule has 0 radical (unpaired) electrons. The number of amides is 1. The van der Waals surface area contributed by atoms with Crippen LogP contribution in [0.4, 0.5) is 0 Å². The summed E-state index contributed by atoms with van der Waals surface area (Å²) >= 11 is 3.59. The third kappa shape index (κ3) is 4.66. The fourth-order valence-corrected chi connectivity index (χ4v) is 5.46. The zero-order valence-corrected chi connectivity index (χ0v) is 22.7. The fourth-order valence-electron chi connectivity index (χ4n) is 5.09. The Hall–Kier alpha value is -4.49. The molecule has 5 aromatic rings. The number of aromatic nitrogens is 1. The van der Waals surface area contributed by atoms with Crippen molar-refractivity contribution in [2.45, 2.75) is 12.5 Å². The van der Waals surface area contributed by atoms with E-state index in [0.717, 1.165) is 32.1 Å². The van der Waals surface area contributed by atoms with E-state index >= 15 is 0 Å². The second kappa shape index (κ2) is 10.3. The lowest BCUT2D eigenvalue weighted by Gasteiger charge is -2.22. The third-order valence-corrected chi connectivity index (χ3v) is 7.46. The predicted molar refractivity (Wildman–Crippen MR) is 157 cm³/mol. The first-order valence-electron chi connectivity index (χ1n) is 12.5. The average Bonchev–Trinajstić information content (AvgIpc) is 3.42. The lowest BCUT2D eigenvalue weighted by molar-refractivity contribution is 0.0711. The molecular weight excluding hydrogens is 554 g/mol. The molecule has 0 saturated carbocycles. The van der Waals surface area contributed by atoms with Gasteiger partial charge < -0.3 is 9.72 Å². The number of hydrazone groups is 1. The molecule has 39 heavy (non-hydrogen) atoms. The predicted octanol–water partition coefficient (Wildman–Crippen LogP) is 6.96. The smallest absolute Gasteiger partial charge is 0.274 e. The highest BCUT2D eigenvalue weighted by molar-refractivity contribution is 9.10. The van der Waals surface area contributed by atoms with E-state index in [-0.39, 0.29) is 17.5 Å². The van der Waals surface area contributed by atoms with Gasteiger partial charge in [0.15, 0.2) is 0 Å². The van der Waals surface area contributed by atoms with Gasteiger partial charge in [-0.15, -0.1) is 0 Å². The molecule has 1 N–H and O–H groups in total. The van der Waals surface area contributed by atoms with Gasteiger partial charge in [0.25, 0.3) is 11.5 Å². The number of fused-ring (bicyclic) bond motifs is 1. The Labute approximate surface area is 233 Å². The summed E-state index contributed by atoms with van der Waals surface area (Å²) in [4.78, 5) is 30.5. The maximum absolute atomic E-state index is 13.8. The van der Waals surface area contributed by atoms with E-state index in [1.165, 1.54) is 5.01 Å². The Balaban J connectivity index is 1.55. The summed E-state index contributed by atoms with van der Waals surface area (Å²) in [5, 5.41) is 7.25. The van der Waals surface area contributed by atoms with Crippen LogP contribution in [0.3, 0.4) is 0 Å². The summed E-state index contributed by atoms with van der Waals surface area (Å²) in [5.41, 5.74) is 4.65. The van der Waals surface area contributed by atoms with Gasteiger partial charge in [0, 0.05) is 32.9 Å². The number of carbonyl (C=O) groups is 1. The van der Waals surface area contributed by atoms with Crippen LogP contribution < -0.4 is 10.3 Å². The van der Waals surface area contributed by atoms with Gasteiger partial charge in [-0.05, 0) is 53.6 Å². The highest BCUT2D eigenvalue weighted by Gasteiger charge is 2.35. The number of aromatic amines is 1. The zero-order chi connectivity index (χ0) is 26.9. The minimum Gasteiger partial charge on any atom is -0.497 e. The first-order chi connectivity index (χ1) is 19.0. The molecule has 0 aliphatic carbocycles. The van der Waals surface area contributed by atoms with E-state index in [9.17, 15) is 9.59 Å². The molecule has 0 spiro atoms. The maximum Gasteiger partial charge on any atom is 0.274 e. The lowest BCUT2D eigenvalue weighted by Crippen LogP contribution is -2.27. The molecule has 0 saturated heterocycles. The molecule has 2 heterocycles. The Bertz CT molecular complexity index is 1760.